The van der Waals surface area contributed by atoms with Crippen molar-refractivity contribution in [2.75, 3.05) is 6.54 Å². The molecule has 7 nitrogen and oxygen atoms in total. The van der Waals surface area contributed by atoms with Crippen LogP contribution in [0.3, 0.4) is 0 Å². The Labute approximate surface area is 183 Å². The van der Waals surface area contributed by atoms with Crippen molar-refractivity contribution in [3.8, 4) is 11.4 Å². The van der Waals surface area contributed by atoms with Gasteiger partial charge in [0.1, 0.15) is 12.4 Å². The molecule has 32 heavy (non-hydrogen) atoms. The van der Waals surface area contributed by atoms with Crippen molar-refractivity contribution >= 4 is 16.9 Å². The molecule has 8 heteroatoms. The molecule has 2 aliphatic heterocycles. The largest absolute Gasteiger partial charge is 0.458 e. The zero-order valence-electron chi connectivity index (χ0n) is 18.0. The number of carbonyl (C=O) groups excluding carboxylic acids is 1. The Bertz CT molecular complexity index is 1360. The summed E-state index contributed by atoms with van der Waals surface area (Å²) in [6.07, 6.45) is 1.49. The van der Waals surface area contributed by atoms with Crippen molar-refractivity contribution in [2.24, 2.45) is 5.73 Å². The van der Waals surface area contributed by atoms with Gasteiger partial charge in [-0.3, -0.25) is 4.79 Å². The van der Waals surface area contributed by atoms with Gasteiger partial charge in [0.05, 0.1) is 29.0 Å². The lowest BCUT2D eigenvalue weighted by Crippen LogP contribution is -2.44. The molecule has 0 fully saturated rings. The number of fused-ring (bicyclic) bond motifs is 5. The fourth-order valence-electron chi connectivity index (χ4n) is 4.86. The van der Waals surface area contributed by atoms with Gasteiger partial charge in [-0.25, -0.2) is 14.2 Å². The van der Waals surface area contributed by atoms with E-state index in [1.807, 2.05) is 0 Å². The van der Waals surface area contributed by atoms with E-state index in [2.05, 4.69) is 0 Å². The van der Waals surface area contributed by atoms with Crippen LogP contribution in [0.25, 0.3) is 22.3 Å². The highest BCUT2D eigenvalue weighted by molar-refractivity contribution is 5.89. The van der Waals surface area contributed by atoms with E-state index in [1.54, 1.807) is 30.5 Å². The summed E-state index contributed by atoms with van der Waals surface area (Å²) >= 11 is 0. The van der Waals surface area contributed by atoms with Gasteiger partial charge in [0.2, 0.25) is 0 Å². The quantitative estimate of drug-likeness (QED) is 0.475. The first-order valence-corrected chi connectivity index (χ1v) is 10.8. The molecule has 5 rings (SSSR count). The maximum absolute atomic E-state index is 14.4. The minimum Gasteiger partial charge on any atom is -0.458 e. The summed E-state index contributed by atoms with van der Waals surface area (Å²) in [5.74, 6) is -1.11. The third-order valence-corrected chi connectivity index (χ3v) is 6.72. The second-order valence-corrected chi connectivity index (χ2v) is 8.53. The fraction of sp³-hybridized carbons (Fsp3) is 0.375. The number of ether oxygens (including phenoxy) is 1. The molecule has 0 spiro atoms. The van der Waals surface area contributed by atoms with Crippen molar-refractivity contribution in [1.29, 1.82) is 0 Å². The van der Waals surface area contributed by atoms with E-state index in [4.69, 9.17) is 15.5 Å². The Balaban J connectivity index is 1.81. The fourth-order valence-corrected chi connectivity index (χ4v) is 4.86. The van der Waals surface area contributed by atoms with Crippen LogP contribution in [0, 0.1) is 12.7 Å². The summed E-state index contributed by atoms with van der Waals surface area (Å²) < 4.78 is 21.1. The van der Waals surface area contributed by atoms with Gasteiger partial charge in [0, 0.05) is 22.6 Å². The normalized spacial score (nSPS) is 19.0. The number of nitrogens with two attached hydrogens (primary N) is 1. The van der Waals surface area contributed by atoms with Gasteiger partial charge in [0.15, 0.2) is 5.60 Å². The molecule has 0 saturated heterocycles. The van der Waals surface area contributed by atoms with Crippen molar-refractivity contribution in [3.05, 3.63) is 62.2 Å². The average molecular weight is 437 g/mol. The molecule has 0 amide bonds. The van der Waals surface area contributed by atoms with Crippen LogP contribution in [0.15, 0.2) is 23.0 Å². The highest BCUT2D eigenvalue weighted by Gasteiger charge is 2.45. The minimum atomic E-state index is -1.88. The van der Waals surface area contributed by atoms with Gasteiger partial charge < -0.3 is 20.1 Å². The topological polar surface area (TPSA) is 107 Å². The van der Waals surface area contributed by atoms with Crippen molar-refractivity contribution in [2.45, 2.75) is 51.9 Å². The molecule has 0 bridgehead atoms. The van der Waals surface area contributed by atoms with Crippen LogP contribution in [-0.4, -0.2) is 27.2 Å². The van der Waals surface area contributed by atoms with E-state index in [-0.39, 0.29) is 35.5 Å². The average Bonchev–Trinajstić information content (AvgIpc) is 3.14. The molecule has 1 atom stereocenters. The van der Waals surface area contributed by atoms with E-state index in [0.717, 1.165) is 22.9 Å². The van der Waals surface area contributed by atoms with Crippen LogP contribution >= 0.6 is 0 Å². The monoisotopic (exact) mass is 437 g/mol. The third kappa shape index (κ3) is 2.76. The molecule has 3 aromatic rings. The SMILES string of the molecule is CC[C@@]1(O)C(=O)OCc2c1cc1n(c2=O)Cc2c-1nc1cc(F)c(C)cc1c2CCCN. The van der Waals surface area contributed by atoms with E-state index in [9.17, 15) is 19.1 Å². The highest BCUT2D eigenvalue weighted by atomic mass is 19.1. The lowest BCUT2D eigenvalue weighted by molar-refractivity contribution is -0.172. The minimum absolute atomic E-state index is 0.0754. The second-order valence-electron chi connectivity index (χ2n) is 8.53. The van der Waals surface area contributed by atoms with Gasteiger partial charge in [-0.15, -0.1) is 0 Å². The maximum Gasteiger partial charge on any atom is 0.343 e. The molecule has 0 saturated carbocycles. The summed E-state index contributed by atoms with van der Waals surface area (Å²) in [5, 5.41) is 11.9. The molecular formula is C24H24FN3O4. The van der Waals surface area contributed by atoms with E-state index < -0.39 is 11.6 Å². The predicted molar refractivity (Wildman–Crippen MR) is 117 cm³/mol. The number of esters is 1. The Hall–Kier alpha value is -3.10. The summed E-state index contributed by atoms with van der Waals surface area (Å²) in [5.41, 5.74) is 8.12. The summed E-state index contributed by atoms with van der Waals surface area (Å²) in [6.45, 7) is 4.02. The number of pyridine rings is 2. The molecule has 0 aliphatic carbocycles. The number of nitrogens with zero attached hydrogens (tertiary/aromatic N) is 2. The predicted octanol–water partition coefficient (Wildman–Crippen LogP) is 2.42. The Morgan fingerprint density at radius 2 is 2.06 bits per heavy atom. The number of aliphatic hydroxyl groups is 1. The second kappa shape index (κ2) is 7.21. The van der Waals surface area contributed by atoms with E-state index >= 15 is 0 Å². The number of aryl methyl sites for hydroxylation is 2. The number of hydrogen-bond donors (Lipinski definition) is 2. The Kier molecular flexibility index (Phi) is 4.69. The van der Waals surface area contributed by atoms with Crippen LogP contribution in [-0.2, 0) is 34.7 Å². The van der Waals surface area contributed by atoms with Crippen LogP contribution < -0.4 is 11.3 Å². The van der Waals surface area contributed by atoms with Crippen molar-refractivity contribution in [1.82, 2.24) is 9.55 Å². The van der Waals surface area contributed by atoms with E-state index in [1.165, 1.54) is 6.07 Å². The highest BCUT2D eigenvalue weighted by Crippen LogP contribution is 2.40. The molecule has 3 N–H and O–H groups in total. The summed E-state index contributed by atoms with van der Waals surface area (Å²) in [6, 6.07) is 4.88. The van der Waals surface area contributed by atoms with Crippen LogP contribution in [0.2, 0.25) is 0 Å². The molecule has 0 radical (unpaired) electrons. The third-order valence-electron chi connectivity index (χ3n) is 6.72. The molecule has 4 heterocycles. The smallest absolute Gasteiger partial charge is 0.343 e. The number of rotatable bonds is 4. The summed E-state index contributed by atoms with van der Waals surface area (Å²) in [4.78, 5) is 30.4. The number of carbonyl (C=O) groups is 1. The van der Waals surface area contributed by atoms with Crippen molar-refractivity contribution < 1.29 is 19.0 Å². The molecule has 0 unspecified atom stereocenters. The molecule has 2 aromatic heterocycles. The zero-order valence-corrected chi connectivity index (χ0v) is 18.0. The Morgan fingerprint density at radius 3 is 2.78 bits per heavy atom. The van der Waals surface area contributed by atoms with Crippen LogP contribution in [0.4, 0.5) is 4.39 Å². The van der Waals surface area contributed by atoms with Gasteiger partial charge in [-0.05, 0) is 56.0 Å². The number of hydrogen-bond acceptors (Lipinski definition) is 6. The van der Waals surface area contributed by atoms with Crippen LogP contribution in [0.1, 0.15) is 47.6 Å². The van der Waals surface area contributed by atoms with Gasteiger partial charge in [0.25, 0.3) is 5.56 Å². The lowest BCUT2D eigenvalue weighted by atomic mass is 9.86. The van der Waals surface area contributed by atoms with E-state index in [0.29, 0.717) is 42.0 Å². The number of cyclic esters (lactones) is 1. The van der Waals surface area contributed by atoms with Crippen molar-refractivity contribution in [3.63, 3.8) is 0 Å². The lowest BCUT2D eigenvalue weighted by Gasteiger charge is -2.31. The number of halogens is 1. The molecule has 1 aromatic carbocycles. The number of benzene rings is 1. The van der Waals surface area contributed by atoms with Crippen LogP contribution in [0.5, 0.6) is 0 Å². The molecular weight excluding hydrogens is 413 g/mol. The van der Waals surface area contributed by atoms with Gasteiger partial charge in [-0.2, -0.15) is 0 Å². The van der Waals surface area contributed by atoms with Gasteiger partial charge >= 0.3 is 5.97 Å². The first-order chi connectivity index (χ1) is 15.3. The standard InChI is InChI=1S/C24H24FN3O4/c1-3-24(31)17-8-20-21-15(10-28(20)22(29)16(17)11-32-23(24)30)13(5-4-6-26)14-7-12(2)18(25)9-19(14)27-21/h7-9,31H,3-6,10-11,26H2,1-2H3/t24-/m0/s1. The van der Waals surface area contributed by atoms with Gasteiger partial charge in [-0.1, -0.05) is 6.92 Å². The number of aromatic nitrogens is 2. The Morgan fingerprint density at radius 1 is 1.28 bits per heavy atom. The zero-order chi connectivity index (χ0) is 22.8. The first-order valence-electron chi connectivity index (χ1n) is 10.8. The molecule has 2 aliphatic rings. The maximum atomic E-state index is 14.4. The summed E-state index contributed by atoms with van der Waals surface area (Å²) in [7, 11) is 0. The first kappa shape index (κ1) is 20.8. The molecule has 166 valence electrons.